The second-order valence-corrected chi connectivity index (χ2v) is 12.0. The van der Waals surface area contributed by atoms with Crippen LogP contribution >= 0.6 is 0 Å². The van der Waals surface area contributed by atoms with Crippen LogP contribution in [0.1, 0.15) is 58.3 Å². The van der Waals surface area contributed by atoms with Crippen LogP contribution in [0.5, 0.6) is 0 Å². The lowest BCUT2D eigenvalue weighted by molar-refractivity contribution is -0.350. The predicted molar refractivity (Wildman–Crippen MR) is 154 cm³/mol. The number of aliphatic hydroxyl groups is 8. The van der Waals surface area contributed by atoms with Crippen molar-refractivity contribution in [2.45, 2.75) is 150 Å². The van der Waals surface area contributed by atoms with E-state index in [9.17, 15) is 40.9 Å². The molecule has 2 unspecified atom stereocenters. The summed E-state index contributed by atoms with van der Waals surface area (Å²) in [5.74, 6) is 0. The summed E-state index contributed by atoms with van der Waals surface area (Å²) >= 11 is 0. The summed E-state index contributed by atoms with van der Waals surface area (Å²) < 4.78 is 28.9. The fourth-order valence-electron chi connectivity index (χ4n) is 5.90. The Labute approximate surface area is 258 Å². The molecule has 3 heterocycles. The molecular formula is C28H55N3O13. The Hall–Kier alpha value is -0.640. The normalized spacial score (nSPS) is 43.3. The first-order valence-corrected chi connectivity index (χ1v) is 15.8. The van der Waals surface area contributed by atoms with E-state index in [1.54, 1.807) is 0 Å². The molecular weight excluding hydrogens is 586 g/mol. The van der Waals surface area contributed by atoms with Gasteiger partial charge in [0.25, 0.3) is 0 Å². The van der Waals surface area contributed by atoms with Crippen LogP contribution in [-0.2, 0) is 23.7 Å². The van der Waals surface area contributed by atoms with Gasteiger partial charge in [0.15, 0.2) is 18.9 Å². The summed E-state index contributed by atoms with van der Waals surface area (Å²) in [6.07, 6.45) is -7.60. The van der Waals surface area contributed by atoms with Gasteiger partial charge in [-0.3, -0.25) is 0 Å². The van der Waals surface area contributed by atoms with Crippen molar-refractivity contribution in [3.63, 3.8) is 0 Å². The summed E-state index contributed by atoms with van der Waals surface area (Å²) in [7, 11) is 0. The number of nitrogens with two attached hydrogens (primary N) is 2. The maximum absolute atomic E-state index is 11.6. The summed E-state index contributed by atoms with van der Waals surface area (Å²) in [6.45, 7) is 0.700. The fraction of sp³-hybridized carbons (Fsp3) is 1.00. The van der Waals surface area contributed by atoms with Crippen LogP contribution in [0, 0.1) is 0 Å². The molecule has 3 saturated heterocycles. The third kappa shape index (κ3) is 9.47. The number of unbranched alkanes of at least 4 members (excludes halogenated alkanes) is 7. The van der Waals surface area contributed by atoms with E-state index >= 15 is 0 Å². The van der Waals surface area contributed by atoms with Crippen molar-refractivity contribution in [2.75, 3.05) is 26.4 Å². The van der Waals surface area contributed by atoms with Gasteiger partial charge >= 0.3 is 0 Å². The lowest BCUT2D eigenvalue weighted by atomic mass is 9.94. The second kappa shape index (κ2) is 18.6. The van der Waals surface area contributed by atoms with E-state index in [0.717, 1.165) is 25.7 Å². The van der Waals surface area contributed by atoms with E-state index in [0.29, 0.717) is 6.54 Å². The molecule has 0 radical (unpaired) electrons. The molecule has 0 aromatic rings. The van der Waals surface area contributed by atoms with Crippen molar-refractivity contribution in [1.29, 1.82) is 0 Å². The average molecular weight is 642 g/mol. The maximum atomic E-state index is 11.6. The van der Waals surface area contributed by atoms with Gasteiger partial charge in [0.1, 0.15) is 54.9 Å². The molecule has 13 N–H and O–H groups in total. The smallest absolute Gasteiger partial charge is 0.176 e. The van der Waals surface area contributed by atoms with E-state index in [4.69, 9.17) is 35.2 Å². The molecule has 15 atom stereocenters. The largest absolute Gasteiger partial charge is 0.394 e. The van der Waals surface area contributed by atoms with Gasteiger partial charge in [0.2, 0.25) is 0 Å². The molecule has 0 aliphatic carbocycles. The Kier molecular flexibility index (Phi) is 16.0. The molecule has 16 heteroatoms. The monoisotopic (exact) mass is 641 g/mol. The quantitative estimate of drug-likeness (QED) is 0.0677. The van der Waals surface area contributed by atoms with Crippen molar-refractivity contribution >= 4 is 0 Å². The van der Waals surface area contributed by atoms with Crippen LogP contribution in [0.3, 0.4) is 0 Å². The Morgan fingerprint density at radius 1 is 0.591 bits per heavy atom. The van der Waals surface area contributed by atoms with Crippen molar-refractivity contribution in [2.24, 2.45) is 11.5 Å². The molecule has 0 amide bonds. The number of hydrogen-bond donors (Lipinski definition) is 11. The number of aliphatic hydroxyl groups excluding tert-OH is 8. The summed E-state index contributed by atoms with van der Waals surface area (Å²) in [5.41, 5.74) is 11.9. The van der Waals surface area contributed by atoms with Gasteiger partial charge in [0.05, 0.1) is 37.9 Å². The fourth-order valence-corrected chi connectivity index (χ4v) is 5.90. The molecule has 3 aliphatic heterocycles. The SMILES string of the molecule is CCCCCCCCCCN[C@H]1[C@H](OC2[C@@H](CO)O[C@@H](O)[C@H](N)[C@H]2O)O[C@H](CO)C(O[C@@H]2O[C@H](CO)[C@@H](O)[C@H](O)[C@H]2N)[C@@H]1O. The topological polar surface area (TPSA) is 272 Å². The summed E-state index contributed by atoms with van der Waals surface area (Å²) in [4.78, 5) is 0. The Morgan fingerprint density at radius 3 is 1.73 bits per heavy atom. The van der Waals surface area contributed by atoms with Crippen LogP contribution in [0.4, 0.5) is 0 Å². The maximum Gasteiger partial charge on any atom is 0.176 e. The second-order valence-electron chi connectivity index (χ2n) is 12.0. The zero-order chi connectivity index (χ0) is 32.4. The Morgan fingerprint density at radius 2 is 1.11 bits per heavy atom. The van der Waals surface area contributed by atoms with Crippen LogP contribution < -0.4 is 16.8 Å². The average Bonchev–Trinajstić information content (AvgIpc) is 3.02. The molecule has 0 aromatic heterocycles. The van der Waals surface area contributed by atoms with E-state index in [1.165, 1.54) is 25.7 Å². The molecule has 16 nitrogen and oxygen atoms in total. The highest BCUT2D eigenvalue weighted by atomic mass is 16.7. The molecule has 0 bridgehead atoms. The highest BCUT2D eigenvalue weighted by Gasteiger charge is 2.53. The van der Waals surface area contributed by atoms with Crippen LogP contribution in [0.15, 0.2) is 0 Å². The minimum atomic E-state index is -1.55. The zero-order valence-electron chi connectivity index (χ0n) is 25.4. The molecule has 3 aliphatic rings. The number of rotatable bonds is 17. The number of ether oxygens (including phenoxy) is 5. The Bertz CT molecular complexity index is 802. The first-order valence-electron chi connectivity index (χ1n) is 15.8. The first-order chi connectivity index (χ1) is 21.1. The van der Waals surface area contributed by atoms with Gasteiger partial charge < -0.3 is 81.3 Å². The highest BCUT2D eigenvalue weighted by molar-refractivity contribution is 4.99. The molecule has 0 saturated carbocycles. The third-order valence-electron chi connectivity index (χ3n) is 8.70. The standard InChI is InChI=1S/C28H55N3O13/c1-2-3-4-5-6-7-8-9-10-31-19-23(38)25(43-27-18(30)21(36)20(35)14(11-32)41-27)16(13-34)42-28(19)44-24-15(12-33)40-26(39)17(29)22(24)37/h14-28,31-39H,2-13,29-30H2,1H3/t14-,15-,16-,17-,18-,19-,20-,21-,22-,23-,24?,25?,26-,27+,28+/m1/s1. The van der Waals surface area contributed by atoms with Crippen LogP contribution in [-0.4, -0.2) is 159 Å². The van der Waals surface area contributed by atoms with E-state index < -0.39 is 112 Å². The van der Waals surface area contributed by atoms with Crippen molar-refractivity contribution < 1.29 is 64.5 Å². The lowest BCUT2D eigenvalue weighted by Gasteiger charge is -2.49. The van der Waals surface area contributed by atoms with Gasteiger partial charge in [-0.05, 0) is 13.0 Å². The summed E-state index contributed by atoms with van der Waals surface area (Å²) in [6, 6.07) is -3.52. The molecule has 44 heavy (non-hydrogen) atoms. The van der Waals surface area contributed by atoms with Gasteiger partial charge in [-0.1, -0.05) is 51.9 Å². The highest BCUT2D eigenvalue weighted by Crippen LogP contribution is 2.32. The van der Waals surface area contributed by atoms with E-state index in [-0.39, 0.29) is 0 Å². The zero-order valence-corrected chi connectivity index (χ0v) is 25.4. The summed E-state index contributed by atoms with van der Waals surface area (Å²) in [5, 5.41) is 85.7. The first kappa shape index (κ1) is 37.8. The van der Waals surface area contributed by atoms with Crippen LogP contribution in [0.2, 0.25) is 0 Å². The van der Waals surface area contributed by atoms with E-state index in [1.807, 2.05) is 0 Å². The van der Waals surface area contributed by atoms with Gasteiger partial charge in [-0.25, -0.2) is 0 Å². The molecule has 260 valence electrons. The van der Waals surface area contributed by atoms with Gasteiger partial charge in [0, 0.05) is 0 Å². The van der Waals surface area contributed by atoms with Gasteiger partial charge in [-0.15, -0.1) is 0 Å². The molecule has 3 fully saturated rings. The Balaban J connectivity index is 1.74. The lowest BCUT2D eigenvalue weighted by Crippen LogP contribution is -2.70. The predicted octanol–water partition coefficient (Wildman–Crippen LogP) is -3.90. The number of hydrogen-bond acceptors (Lipinski definition) is 16. The van der Waals surface area contributed by atoms with Crippen molar-refractivity contribution in [1.82, 2.24) is 5.32 Å². The van der Waals surface area contributed by atoms with Gasteiger partial charge in [-0.2, -0.15) is 0 Å². The molecule has 0 aromatic carbocycles. The van der Waals surface area contributed by atoms with Crippen molar-refractivity contribution in [3.05, 3.63) is 0 Å². The molecule has 0 spiro atoms. The third-order valence-corrected chi connectivity index (χ3v) is 8.70. The minimum absolute atomic E-state index is 0.443. The molecule has 3 rings (SSSR count). The van der Waals surface area contributed by atoms with E-state index in [2.05, 4.69) is 12.2 Å². The number of nitrogens with one attached hydrogen (secondary N) is 1. The van der Waals surface area contributed by atoms with Crippen LogP contribution in [0.25, 0.3) is 0 Å². The van der Waals surface area contributed by atoms with Crippen molar-refractivity contribution in [3.8, 4) is 0 Å². The minimum Gasteiger partial charge on any atom is -0.394 e.